The molecule has 2 bridgehead atoms. The highest BCUT2D eigenvalue weighted by molar-refractivity contribution is 6.36. The standard InChI is InChI=1S/C30H26Cl2N2O4/c1-16(2)25(26(35)33-17-12-14-18(38-3)15-13-17)34-27(36)23-24(28(34)37)30(32)20-9-5-4-8-19(20)29(23,31)21-10-6-7-11-22(21)30/h4-16,23-25H,1-3H3,(H,33,35)/t23-,24+,25-,29?,30?/m0/s1. The van der Waals surface area contributed by atoms with Crippen LogP contribution >= 0.6 is 23.2 Å². The van der Waals surface area contributed by atoms with Gasteiger partial charge in [0.1, 0.15) is 21.5 Å². The van der Waals surface area contributed by atoms with E-state index in [1.165, 1.54) is 0 Å². The Balaban J connectivity index is 1.45. The van der Waals surface area contributed by atoms with Crippen LogP contribution in [0.25, 0.3) is 0 Å². The van der Waals surface area contributed by atoms with Gasteiger partial charge in [-0.1, -0.05) is 62.4 Å². The van der Waals surface area contributed by atoms with Crippen molar-refractivity contribution in [3.63, 3.8) is 0 Å². The number of nitrogens with one attached hydrogen (secondary N) is 1. The van der Waals surface area contributed by atoms with Crippen molar-refractivity contribution < 1.29 is 19.1 Å². The number of rotatable bonds is 5. The van der Waals surface area contributed by atoms with Crippen LogP contribution in [-0.2, 0) is 24.1 Å². The van der Waals surface area contributed by atoms with Gasteiger partial charge < -0.3 is 10.1 Å². The Kier molecular flexibility index (Phi) is 5.64. The lowest BCUT2D eigenvalue weighted by atomic mass is 9.54. The third-order valence-electron chi connectivity index (χ3n) is 8.16. The molecule has 7 rings (SSSR count). The molecule has 1 fully saturated rings. The van der Waals surface area contributed by atoms with E-state index in [0.717, 1.165) is 27.2 Å². The summed E-state index contributed by atoms with van der Waals surface area (Å²) in [4.78, 5) is 40.7. The number of anilines is 1. The molecule has 3 amide bonds. The lowest BCUT2D eigenvalue weighted by molar-refractivity contribution is -0.148. The fourth-order valence-electron chi connectivity index (χ4n) is 6.57. The lowest BCUT2D eigenvalue weighted by Crippen LogP contribution is -2.57. The van der Waals surface area contributed by atoms with E-state index in [0.29, 0.717) is 11.4 Å². The molecule has 0 saturated carbocycles. The smallest absolute Gasteiger partial charge is 0.247 e. The molecule has 38 heavy (non-hydrogen) atoms. The van der Waals surface area contributed by atoms with Gasteiger partial charge in [-0.25, -0.2) is 0 Å². The van der Waals surface area contributed by atoms with Crippen LogP contribution in [0.2, 0.25) is 0 Å². The summed E-state index contributed by atoms with van der Waals surface area (Å²) in [6, 6.07) is 20.8. The van der Waals surface area contributed by atoms with Crippen molar-refractivity contribution in [2.24, 2.45) is 17.8 Å². The van der Waals surface area contributed by atoms with E-state index in [9.17, 15) is 14.4 Å². The maximum absolute atomic E-state index is 14.3. The number of halogens is 2. The SMILES string of the molecule is COc1ccc(NC(=O)[C@H](C(C)C)N2C(=O)[C@@H]3[C@H](C2=O)C2(Cl)c4ccccc4C3(Cl)c3ccccc32)cc1. The molecule has 1 heterocycles. The Bertz CT molecular complexity index is 1360. The first-order valence-electron chi connectivity index (χ1n) is 12.5. The number of imide groups is 1. The summed E-state index contributed by atoms with van der Waals surface area (Å²) in [6.45, 7) is 3.62. The van der Waals surface area contributed by atoms with Crippen molar-refractivity contribution in [2.45, 2.75) is 29.6 Å². The van der Waals surface area contributed by atoms with Gasteiger partial charge in [-0.2, -0.15) is 0 Å². The molecule has 3 aromatic rings. The first-order valence-corrected chi connectivity index (χ1v) is 13.3. The largest absolute Gasteiger partial charge is 0.497 e. The molecule has 1 saturated heterocycles. The predicted molar refractivity (Wildman–Crippen MR) is 145 cm³/mol. The zero-order valence-electron chi connectivity index (χ0n) is 21.1. The van der Waals surface area contributed by atoms with Crippen LogP contribution in [-0.4, -0.2) is 35.8 Å². The zero-order valence-corrected chi connectivity index (χ0v) is 22.6. The van der Waals surface area contributed by atoms with Crippen LogP contribution in [0, 0.1) is 17.8 Å². The van der Waals surface area contributed by atoms with E-state index < -0.39 is 45.3 Å². The molecule has 6 nitrogen and oxygen atoms in total. The Morgan fingerprint density at radius 2 is 1.24 bits per heavy atom. The zero-order chi connectivity index (χ0) is 27.0. The van der Waals surface area contributed by atoms with Crippen molar-refractivity contribution in [3.05, 3.63) is 95.1 Å². The van der Waals surface area contributed by atoms with E-state index in [2.05, 4.69) is 5.32 Å². The molecular weight excluding hydrogens is 523 g/mol. The normalized spacial score (nSPS) is 27.6. The van der Waals surface area contributed by atoms with Gasteiger partial charge in [0.05, 0.1) is 18.9 Å². The minimum Gasteiger partial charge on any atom is -0.497 e. The van der Waals surface area contributed by atoms with Crippen LogP contribution in [0.4, 0.5) is 5.69 Å². The second-order valence-corrected chi connectivity index (χ2v) is 11.6. The van der Waals surface area contributed by atoms with Crippen molar-refractivity contribution >= 4 is 46.6 Å². The van der Waals surface area contributed by atoms with E-state index in [4.69, 9.17) is 27.9 Å². The van der Waals surface area contributed by atoms with Crippen LogP contribution in [0.5, 0.6) is 5.75 Å². The van der Waals surface area contributed by atoms with Gasteiger partial charge in [0.2, 0.25) is 17.7 Å². The molecule has 4 aliphatic rings. The van der Waals surface area contributed by atoms with Gasteiger partial charge in [-0.05, 0) is 52.4 Å². The summed E-state index contributed by atoms with van der Waals surface area (Å²) >= 11 is 15.0. The van der Waals surface area contributed by atoms with Gasteiger partial charge in [-0.3, -0.25) is 19.3 Å². The van der Waals surface area contributed by atoms with E-state index in [1.807, 2.05) is 62.4 Å². The number of carbonyl (C=O) groups is 3. The van der Waals surface area contributed by atoms with Crippen molar-refractivity contribution in [2.75, 3.05) is 12.4 Å². The first-order chi connectivity index (χ1) is 18.1. The predicted octanol–water partition coefficient (Wildman–Crippen LogP) is 5.25. The van der Waals surface area contributed by atoms with Crippen molar-refractivity contribution in [1.82, 2.24) is 4.90 Å². The topological polar surface area (TPSA) is 75.7 Å². The van der Waals surface area contributed by atoms with Crippen LogP contribution < -0.4 is 10.1 Å². The molecule has 0 spiro atoms. The number of hydrogen-bond acceptors (Lipinski definition) is 4. The maximum Gasteiger partial charge on any atom is 0.247 e. The molecule has 3 aliphatic carbocycles. The fraction of sp³-hybridized carbons (Fsp3) is 0.300. The Hall–Kier alpha value is -3.35. The molecular formula is C30H26Cl2N2O4. The minimum atomic E-state index is -1.29. The number of alkyl halides is 2. The fourth-order valence-corrected chi connectivity index (χ4v) is 7.67. The van der Waals surface area contributed by atoms with Gasteiger partial charge >= 0.3 is 0 Å². The molecule has 8 heteroatoms. The Morgan fingerprint density at radius 1 is 0.816 bits per heavy atom. The molecule has 0 unspecified atom stereocenters. The monoisotopic (exact) mass is 548 g/mol. The molecule has 0 radical (unpaired) electrons. The van der Waals surface area contributed by atoms with E-state index in [1.54, 1.807) is 31.4 Å². The highest BCUT2D eigenvalue weighted by atomic mass is 35.5. The number of methoxy groups -OCH3 is 1. The minimum absolute atomic E-state index is 0.360. The van der Waals surface area contributed by atoms with Crippen LogP contribution in [0.1, 0.15) is 36.1 Å². The van der Waals surface area contributed by atoms with Gasteiger partial charge in [0.15, 0.2) is 0 Å². The number of carbonyl (C=O) groups excluding carboxylic acids is 3. The van der Waals surface area contributed by atoms with Gasteiger partial charge in [0.25, 0.3) is 0 Å². The molecule has 0 aromatic heterocycles. The summed E-state index contributed by atoms with van der Waals surface area (Å²) in [6.07, 6.45) is 0. The Morgan fingerprint density at radius 3 is 1.61 bits per heavy atom. The highest BCUT2D eigenvalue weighted by Gasteiger charge is 2.73. The summed E-state index contributed by atoms with van der Waals surface area (Å²) < 4.78 is 5.19. The number of likely N-dealkylation sites (tertiary alicyclic amines) is 1. The second-order valence-electron chi connectivity index (χ2n) is 10.4. The van der Waals surface area contributed by atoms with Gasteiger partial charge in [0, 0.05) is 5.69 Å². The first kappa shape index (κ1) is 25.0. The van der Waals surface area contributed by atoms with Crippen LogP contribution in [0.15, 0.2) is 72.8 Å². The summed E-state index contributed by atoms with van der Waals surface area (Å²) in [7, 11) is 1.56. The number of amides is 3. The van der Waals surface area contributed by atoms with E-state index in [-0.39, 0.29) is 5.92 Å². The van der Waals surface area contributed by atoms with E-state index >= 15 is 0 Å². The van der Waals surface area contributed by atoms with Crippen molar-refractivity contribution in [3.8, 4) is 5.75 Å². The third kappa shape index (κ3) is 3.10. The molecule has 1 aliphatic heterocycles. The summed E-state index contributed by atoms with van der Waals surface area (Å²) in [5.41, 5.74) is 3.43. The summed E-state index contributed by atoms with van der Waals surface area (Å²) in [5.74, 6) is -3.03. The molecule has 3 aromatic carbocycles. The number of ether oxygens (including phenoxy) is 1. The quantitative estimate of drug-likeness (QED) is 0.349. The number of nitrogens with zero attached hydrogens (tertiary/aromatic N) is 1. The Labute approximate surface area is 230 Å². The average molecular weight is 549 g/mol. The number of benzene rings is 3. The number of hydrogen-bond donors (Lipinski definition) is 1. The second kappa shape index (κ2) is 8.58. The lowest BCUT2D eigenvalue weighted by Gasteiger charge is -2.54. The molecule has 194 valence electrons. The average Bonchev–Trinajstić information content (AvgIpc) is 3.18. The third-order valence-corrected chi connectivity index (χ3v) is 9.44. The molecule has 1 N–H and O–H groups in total. The van der Waals surface area contributed by atoms with Crippen molar-refractivity contribution in [1.29, 1.82) is 0 Å². The molecule has 3 atom stereocenters. The van der Waals surface area contributed by atoms with Gasteiger partial charge in [-0.15, -0.1) is 23.2 Å². The maximum atomic E-state index is 14.3. The van der Waals surface area contributed by atoms with Crippen LogP contribution in [0.3, 0.4) is 0 Å². The highest BCUT2D eigenvalue weighted by Crippen LogP contribution is 2.69. The summed E-state index contributed by atoms with van der Waals surface area (Å²) in [5, 5.41) is 2.86.